The molecule has 0 saturated carbocycles. The van der Waals surface area contributed by atoms with E-state index < -0.39 is 0 Å². The van der Waals surface area contributed by atoms with Gasteiger partial charge in [0.2, 0.25) is 0 Å². The van der Waals surface area contributed by atoms with E-state index in [1.165, 1.54) is 5.56 Å². The standard InChI is InChI=1S/C15H16BrClN2/c1-4-10-7-5-6-8-11(10)15-18-13(9(2)3)12(16)14(17)19-15/h5-9H,4H2,1-3H3. The molecule has 0 N–H and O–H groups in total. The fourth-order valence-corrected chi connectivity index (χ4v) is 2.80. The van der Waals surface area contributed by atoms with Crippen molar-refractivity contribution in [1.29, 1.82) is 0 Å². The fourth-order valence-electron chi connectivity index (χ4n) is 1.99. The lowest BCUT2D eigenvalue weighted by atomic mass is 10.0. The van der Waals surface area contributed by atoms with Crippen LogP contribution in [0.15, 0.2) is 28.7 Å². The van der Waals surface area contributed by atoms with E-state index in [0.717, 1.165) is 22.2 Å². The van der Waals surface area contributed by atoms with E-state index in [1.54, 1.807) is 0 Å². The monoisotopic (exact) mass is 338 g/mol. The normalized spacial score (nSPS) is 11.1. The Morgan fingerprint density at radius 3 is 2.53 bits per heavy atom. The van der Waals surface area contributed by atoms with Crippen molar-refractivity contribution in [2.24, 2.45) is 0 Å². The Balaban J connectivity index is 2.63. The SMILES string of the molecule is CCc1ccccc1-c1nc(Cl)c(Br)c(C(C)C)n1. The topological polar surface area (TPSA) is 25.8 Å². The number of aryl methyl sites for hydroxylation is 1. The molecule has 0 spiro atoms. The molecular weight excluding hydrogens is 324 g/mol. The van der Waals surface area contributed by atoms with Crippen LogP contribution in [0.3, 0.4) is 0 Å². The quantitative estimate of drug-likeness (QED) is 0.714. The van der Waals surface area contributed by atoms with Gasteiger partial charge in [-0.15, -0.1) is 0 Å². The molecule has 4 heteroatoms. The first-order chi connectivity index (χ1) is 9.04. The highest BCUT2D eigenvalue weighted by Crippen LogP contribution is 2.32. The zero-order chi connectivity index (χ0) is 14.0. The van der Waals surface area contributed by atoms with Gasteiger partial charge < -0.3 is 0 Å². The summed E-state index contributed by atoms with van der Waals surface area (Å²) in [6.07, 6.45) is 0.949. The number of hydrogen-bond acceptors (Lipinski definition) is 2. The van der Waals surface area contributed by atoms with E-state index in [2.05, 4.69) is 52.7 Å². The Bertz CT molecular complexity index is 597. The summed E-state index contributed by atoms with van der Waals surface area (Å²) in [7, 11) is 0. The summed E-state index contributed by atoms with van der Waals surface area (Å²) in [6.45, 7) is 6.32. The van der Waals surface area contributed by atoms with Crippen LogP contribution in [0.1, 0.15) is 37.9 Å². The van der Waals surface area contributed by atoms with Crippen molar-refractivity contribution in [2.75, 3.05) is 0 Å². The number of hydrogen-bond donors (Lipinski definition) is 0. The van der Waals surface area contributed by atoms with Crippen LogP contribution in [0, 0.1) is 0 Å². The molecule has 0 aliphatic carbocycles. The lowest BCUT2D eigenvalue weighted by molar-refractivity contribution is 0.809. The third kappa shape index (κ3) is 2.98. The second-order valence-corrected chi connectivity index (χ2v) is 5.85. The molecule has 2 rings (SSSR count). The van der Waals surface area contributed by atoms with Crippen LogP contribution >= 0.6 is 27.5 Å². The average Bonchev–Trinajstić information content (AvgIpc) is 2.41. The van der Waals surface area contributed by atoms with E-state index in [9.17, 15) is 0 Å². The minimum atomic E-state index is 0.294. The third-order valence-electron chi connectivity index (χ3n) is 3.02. The number of rotatable bonds is 3. The van der Waals surface area contributed by atoms with Gasteiger partial charge in [-0.3, -0.25) is 0 Å². The van der Waals surface area contributed by atoms with Gasteiger partial charge in [0.15, 0.2) is 5.82 Å². The van der Waals surface area contributed by atoms with Gasteiger partial charge >= 0.3 is 0 Å². The van der Waals surface area contributed by atoms with Crippen molar-refractivity contribution in [2.45, 2.75) is 33.1 Å². The van der Waals surface area contributed by atoms with Gasteiger partial charge in [-0.05, 0) is 33.8 Å². The molecule has 19 heavy (non-hydrogen) atoms. The number of aromatic nitrogens is 2. The van der Waals surface area contributed by atoms with Crippen molar-refractivity contribution < 1.29 is 0 Å². The van der Waals surface area contributed by atoms with Gasteiger partial charge in [-0.1, -0.05) is 56.6 Å². The minimum Gasteiger partial charge on any atom is -0.232 e. The predicted molar refractivity (Wildman–Crippen MR) is 83.6 cm³/mol. The van der Waals surface area contributed by atoms with Crippen molar-refractivity contribution >= 4 is 27.5 Å². The zero-order valence-electron chi connectivity index (χ0n) is 11.2. The first kappa shape index (κ1) is 14.5. The van der Waals surface area contributed by atoms with E-state index >= 15 is 0 Å². The number of nitrogens with zero attached hydrogens (tertiary/aromatic N) is 2. The van der Waals surface area contributed by atoms with Crippen LogP contribution in [0.2, 0.25) is 5.15 Å². The maximum Gasteiger partial charge on any atom is 0.161 e. The molecule has 0 atom stereocenters. The van der Waals surface area contributed by atoms with Crippen molar-refractivity contribution in [1.82, 2.24) is 9.97 Å². The second kappa shape index (κ2) is 6.02. The van der Waals surface area contributed by atoms with Gasteiger partial charge in [0.25, 0.3) is 0 Å². The Hall–Kier alpha value is -0.930. The highest BCUT2D eigenvalue weighted by molar-refractivity contribution is 9.10. The van der Waals surface area contributed by atoms with Crippen LogP contribution in [-0.2, 0) is 6.42 Å². The molecule has 0 aliphatic heterocycles. The van der Waals surface area contributed by atoms with Crippen molar-refractivity contribution in [3.8, 4) is 11.4 Å². The average molecular weight is 340 g/mol. The summed E-state index contributed by atoms with van der Waals surface area (Å²) in [5.41, 5.74) is 3.23. The largest absolute Gasteiger partial charge is 0.232 e. The highest BCUT2D eigenvalue weighted by atomic mass is 79.9. The Morgan fingerprint density at radius 1 is 1.21 bits per heavy atom. The van der Waals surface area contributed by atoms with Crippen molar-refractivity contribution in [3.05, 3.63) is 45.1 Å². The van der Waals surface area contributed by atoms with Gasteiger partial charge in [0, 0.05) is 5.56 Å². The molecule has 0 saturated heterocycles. The summed E-state index contributed by atoms with van der Waals surface area (Å²) >= 11 is 9.68. The molecule has 0 fully saturated rings. The van der Waals surface area contributed by atoms with Crippen LogP contribution in [0.4, 0.5) is 0 Å². The maximum atomic E-state index is 6.21. The third-order valence-corrected chi connectivity index (χ3v) is 4.31. The second-order valence-electron chi connectivity index (χ2n) is 4.70. The molecule has 0 aliphatic rings. The molecule has 2 nitrogen and oxygen atoms in total. The lowest BCUT2D eigenvalue weighted by Gasteiger charge is -2.12. The predicted octanol–water partition coefficient (Wildman–Crippen LogP) is 5.25. The Labute approximate surface area is 127 Å². The Morgan fingerprint density at radius 2 is 1.89 bits per heavy atom. The molecule has 0 amide bonds. The van der Waals surface area contributed by atoms with Gasteiger partial charge in [0.05, 0.1) is 10.2 Å². The first-order valence-corrected chi connectivity index (χ1v) is 7.52. The summed E-state index contributed by atoms with van der Waals surface area (Å²) in [6, 6.07) is 8.18. The lowest BCUT2D eigenvalue weighted by Crippen LogP contribution is -2.01. The number of halogens is 2. The summed E-state index contributed by atoms with van der Waals surface area (Å²) in [4.78, 5) is 9.07. The van der Waals surface area contributed by atoms with E-state index in [1.807, 2.05) is 18.2 Å². The molecule has 100 valence electrons. The van der Waals surface area contributed by atoms with E-state index in [0.29, 0.717) is 16.9 Å². The minimum absolute atomic E-state index is 0.294. The molecule has 2 aromatic rings. The van der Waals surface area contributed by atoms with Gasteiger partial charge in [0.1, 0.15) is 5.15 Å². The fraction of sp³-hybridized carbons (Fsp3) is 0.333. The molecule has 0 radical (unpaired) electrons. The van der Waals surface area contributed by atoms with Gasteiger partial charge in [-0.2, -0.15) is 0 Å². The first-order valence-electron chi connectivity index (χ1n) is 6.35. The number of benzene rings is 1. The maximum absolute atomic E-state index is 6.21. The molecule has 0 bridgehead atoms. The van der Waals surface area contributed by atoms with Crippen LogP contribution in [-0.4, -0.2) is 9.97 Å². The molecular formula is C15H16BrClN2. The van der Waals surface area contributed by atoms with Crippen molar-refractivity contribution in [3.63, 3.8) is 0 Å². The van der Waals surface area contributed by atoms with Gasteiger partial charge in [-0.25, -0.2) is 9.97 Å². The van der Waals surface area contributed by atoms with Crippen LogP contribution in [0.25, 0.3) is 11.4 Å². The molecule has 1 aromatic carbocycles. The van der Waals surface area contributed by atoms with E-state index in [-0.39, 0.29) is 0 Å². The van der Waals surface area contributed by atoms with E-state index in [4.69, 9.17) is 11.6 Å². The van der Waals surface area contributed by atoms with Crippen LogP contribution < -0.4 is 0 Å². The summed E-state index contributed by atoms with van der Waals surface area (Å²) < 4.78 is 0.793. The zero-order valence-corrected chi connectivity index (χ0v) is 13.6. The summed E-state index contributed by atoms with van der Waals surface area (Å²) in [5.74, 6) is 0.997. The smallest absolute Gasteiger partial charge is 0.161 e. The molecule has 0 unspecified atom stereocenters. The highest BCUT2D eigenvalue weighted by Gasteiger charge is 2.15. The summed E-state index contributed by atoms with van der Waals surface area (Å²) in [5, 5.41) is 0.472. The Kier molecular flexibility index (Phi) is 4.58. The van der Waals surface area contributed by atoms with Crippen LogP contribution in [0.5, 0.6) is 0 Å². The molecule has 1 aromatic heterocycles. The molecule has 1 heterocycles.